The summed E-state index contributed by atoms with van der Waals surface area (Å²) in [6.45, 7) is 4.69. The fourth-order valence-corrected chi connectivity index (χ4v) is 4.30. The number of nitrogens with one attached hydrogen (secondary N) is 3. The van der Waals surface area contributed by atoms with Gasteiger partial charge in [-0.2, -0.15) is 0 Å². The molecule has 11 heteroatoms. The van der Waals surface area contributed by atoms with Crippen molar-refractivity contribution in [3.63, 3.8) is 0 Å². The van der Waals surface area contributed by atoms with Crippen molar-refractivity contribution in [1.82, 2.24) is 25.3 Å². The maximum atomic E-state index is 12.8. The molecule has 0 aliphatic carbocycles. The lowest BCUT2D eigenvalue weighted by atomic mass is 9.99. The molecule has 6 N–H and O–H groups in total. The Morgan fingerprint density at radius 1 is 0.971 bits per heavy atom. The number of H-pyrrole nitrogens is 1. The maximum Gasteiger partial charge on any atom is 0.189 e. The standard InChI is InChI=1S/C24H32N6O4.ClH/c1-29(2)12-9-25-7-8-27-15-3-4-16-20-19(15)24(34)22-18(33)6-5-17(32)21(22)23(20)28-30(16)13-10-26-11-14-31;/h3-6,25-26,28,31,33-34H,7-14H2,1-2H3;1H. The van der Waals surface area contributed by atoms with Crippen molar-refractivity contribution in [1.29, 1.82) is 0 Å². The van der Waals surface area contributed by atoms with Crippen LogP contribution in [0.5, 0.6) is 11.5 Å². The molecule has 3 aromatic carbocycles. The van der Waals surface area contributed by atoms with Crippen LogP contribution < -0.4 is 21.4 Å². The number of halogens is 1. The second-order valence-corrected chi connectivity index (χ2v) is 8.58. The first-order chi connectivity index (χ1) is 16.4. The number of fused-ring (bicyclic) bond motifs is 2. The van der Waals surface area contributed by atoms with Crippen molar-refractivity contribution in [2.24, 2.45) is 4.99 Å². The Hall–Kier alpha value is -2.89. The van der Waals surface area contributed by atoms with Crippen LogP contribution in [-0.2, 0) is 6.54 Å². The number of benzene rings is 3. The minimum absolute atomic E-state index is 0. The molecule has 0 bridgehead atoms. The van der Waals surface area contributed by atoms with Gasteiger partial charge in [0, 0.05) is 38.1 Å². The van der Waals surface area contributed by atoms with Crippen LogP contribution in [0.2, 0.25) is 0 Å². The Bertz CT molecular complexity index is 1420. The third-order valence-electron chi connectivity index (χ3n) is 5.92. The number of phenols is 2. The van der Waals surface area contributed by atoms with Gasteiger partial charge < -0.3 is 30.9 Å². The molecule has 35 heavy (non-hydrogen) atoms. The third kappa shape index (κ3) is 5.36. The van der Waals surface area contributed by atoms with Crippen LogP contribution in [0.4, 0.5) is 0 Å². The lowest BCUT2D eigenvalue weighted by Gasteiger charge is -2.10. The molecule has 1 aromatic heterocycles. The zero-order valence-electron chi connectivity index (χ0n) is 20.0. The number of hydrogen-bond donors (Lipinski definition) is 6. The van der Waals surface area contributed by atoms with E-state index >= 15 is 0 Å². The monoisotopic (exact) mass is 504 g/mol. The van der Waals surface area contributed by atoms with Crippen molar-refractivity contribution in [2.75, 3.05) is 60.0 Å². The summed E-state index contributed by atoms with van der Waals surface area (Å²) in [5.41, 5.74) is 1.09. The number of hydrogen-bond acceptors (Lipinski definition) is 8. The van der Waals surface area contributed by atoms with Gasteiger partial charge in [0.15, 0.2) is 5.43 Å². The van der Waals surface area contributed by atoms with Crippen molar-refractivity contribution in [3.05, 3.63) is 39.8 Å². The summed E-state index contributed by atoms with van der Waals surface area (Å²) in [5, 5.41) is 42.8. The Kier molecular flexibility index (Phi) is 8.92. The minimum atomic E-state index is -0.286. The summed E-state index contributed by atoms with van der Waals surface area (Å²) in [5.74, 6) is -0.302. The zero-order valence-corrected chi connectivity index (χ0v) is 20.8. The summed E-state index contributed by atoms with van der Waals surface area (Å²) in [7, 11) is 4.04. The van der Waals surface area contributed by atoms with E-state index in [1.165, 1.54) is 12.1 Å². The summed E-state index contributed by atoms with van der Waals surface area (Å²) < 4.78 is 1.90. The summed E-state index contributed by atoms with van der Waals surface area (Å²) in [6.07, 6.45) is 0. The molecule has 1 heterocycles. The van der Waals surface area contributed by atoms with Gasteiger partial charge in [0.05, 0.1) is 52.2 Å². The van der Waals surface area contributed by atoms with Crippen LogP contribution in [-0.4, -0.2) is 90.0 Å². The Morgan fingerprint density at radius 2 is 1.74 bits per heavy atom. The van der Waals surface area contributed by atoms with Gasteiger partial charge in [-0.3, -0.25) is 19.6 Å². The molecule has 0 saturated carbocycles. The van der Waals surface area contributed by atoms with Gasteiger partial charge in [-0.1, -0.05) is 0 Å². The molecule has 0 aliphatic rings. The highest BCUT2D eigenvalue weighted by Gasteiger charge is 2.21. The molecule has 0 radical (unpaired) electrons. The van der Waals surface area contributed by atoms with E-state index in [1.54, 1.807) is 0 Å². The molecule has 4 aromatic rings. The smallest absolute Gasteiger partial charge is 0.189 e. The number of nitrogens with zero attached hydrogens (tertiary/aromatic N) is 3. The van der Waals surface area contributed by atoms with Crippen molar-refractivity contribution >= 4 is 45.0 Å². The lowest BCUT2D eigenvalue weighted by Crippen LogP contribution is -2.28. The van der Waals surface area contributed by atoms with Gasteiger partial charge in [0.1, 0.15) is 11.5 Å². The van der Waals surface area contributed by atoms with Gasteiger partial charge in [-0.25, -0.2) is 0 Å². The van der Waals surface area contributed by atoms with E-state index in [1.807, 2.05) is 30.9 Å². The highest BCUT2D eigenvalue weighted by molar-refractivity contribution is 6.23. The van der Waals surface area contributed by atoms with E-state index in [4.69, 9.17) is 10.1 Å². The zero-order chi connectivity index (χ0) is 24.2. The van der Waals surface area contributed by atoms with Crippen LogP contribution in [0.1, 0.15) is 0 Å². The van der Waals surface area contributed by atoms with E-state index in [9.17, 15) is 15.0 Å². The Balaban J connectivity index is 0.00000342. The predicted octanol–water partition coefficient (Wildman–Crippen LogP) is 0.541. The van der Waals surface area contributed by atoms with E-state index in [0.717, 1.165) is 18.6 Å². The molecule has 0 atom stereocenters. The summed E-state index contributed by atoms with van der Waals surface area (Å²) in [6, 6.07) is 6.39. The van der Waals surface area contributed by atoms with E-state index in [-0.39, 0.29) is 46.7 Å². The van der Waals surface area contributed by atoms with Crippen molar-refractivity contribution < 1.29 is 15.3 Å². The molecule has 0 fully saturated rings. The molecule has 10 nitrogen and oxygen atoms in total. The Labute approximate surface area is 208 Å². The highest BCUT2D eigenvalue weighted by atomic mass is 35.5. The molecule has 0 amide bonds. The number of aromatic hydroxyl groups is 2. The van der Waals surface area contributed by atoms with Gasteiger partial charge in [-0.15, -0.1) is 12.4 Å². The number of likely N-dealkylation sites (N-methyl/N-ethyl adjacent to an activating group) is 1. The molecule has 0 unspecified atom stereocenters. The SMILES string of the molecule is CN(C)CCNCCN=c1ccc2c3c1c(O)c1c(O)ccc(=O)c1c3[nH]n2CCNCCO.Cl. The topological polar surface area (TPSA) is 138 Å². The van der Waals surface area contributed by atoms with Crippen molar-refractivity contribution in [3.8, 4) is 11.5 Å². The van der Waals surface area contributed by atoms with Crippen LogP contribution in [0, 0.1) is 0 Å². The molecular formula is C24H33ClN6O4. The van der Waals surface area contributed by atoms with Gasteiger partial charge in [0.25, 0.3) is 0 Å². The fourth-order valence-electron chi connectivity index (χ4n) is 4.30. The van der Waals surface area contributed by atoms with E-state index in [0.29, 0.717) is 54.4 Å². The number of rotatable bonds is 11. The van der Waals surface area contributed by atoms with Crippen LogP contribution >= 0.6 is 12.4 Å². The molecule has 0 aliphatic heterocycles. The number of aromatic nitrogens is 2. The number of aliphatic hydroxyl groups is 1. The molecule has 190 valence electrons. The average molecular weight is 505 g/mol. The normalized spacial score (nSPS) is 12.4. The first-order valence-electron chi connectivity index (χ1n) is 11.5. The van der Waals surface area contributed by atoms with Gasteiger partial charge in [-0.05, 0) is 38.4 Å². The highest BCUT2D eigenvalue weighted by Crippen LogP contribution is 2.41. The van der Waals surface area contributed by atoms with Crippen LogP contribution in [0.3, 0.4) is 0 Å². The first kappa shape index (κ1) is 26.7. The second kappa shape index (κ2) is 11.7. The van der Waals surface area contributed by atoms with E-state index in [2.05, 4.69) is 20.6 Å². The summed E-state index contributed by atoms with van der Waals surface area (Å²) >= 11 is 0. The fraction of sp³-hybridized carbons (Fsp3) is 0.417. The van der Waals surface area contributed by atoms with Crippen molar-refractivity contribution in [2.45, 2.75) is 6.54 Å². The molecule has 4 rings (SSSR count). The van der Waals surface area contributed by atoms with Crippen LogP contribution in [0.25, 0.3) is 32.6 Å². The molecule has 0 spiro atoms. The Morgan fingerprint density at radius 3 is 2.49 bits per heavy atom. The van der Waals surface area contributed by atoms with Gasteiger partial charge in [0.2, 0.25) is 0 Å². The number of aliphatic hydroxyl groups excluding tert-OH is 1. The molecular weight excluding hydrogens is 472 g/mol. The quantitative estimate of drug-likeness (QED) is 0.129. The van der Waals surface area contributed by atoms with E-state index < -0.39 is 0 Å². The van der Waals surface area contributed by atoms with Gasteiger partial charge >= 0.3 is 0 Å². The third-order valence-corrected chi connectivity index (χ3v) is 5.92. The first-order valence-corrected chi connectivity index (χ1v) is 11.5. The predicted molar refractivity (Wildman–Crippen MR) is 141 cm³/mol. The second-order valence-electron chi connectivity index (χ2n) is 8.58. The van der Waals surface area contributed by atoms with Crippen LogP contribution in [0.15, 0.2) is 34.1 Å². The average Bonchev–Trinajstić information content (AvgIpc) is 3.17. The largest absolute Gasteiger partial charge is 0.507 e. The lowest BCUT2D eigenvalue weighted by molar-refractivity contribution is 0.291. The number of phenolic OH excluding ortho intramolecular Hbond substituents is 2. The minimum Gasteiger partial charge on any atom is -0.507 e. The molecule has 0 saturated heterocycles. The maximum absolute atomic E-state index is 12.8. The summed E-state index contributed by atoms with van der Waals surface area (Å²) in [4.78, 5) is 19.6. The number of aromatic amines is 1.